The lowest BCUT2D eigenvalue weighted by Crippen LogP contribution is -2.31. The van der Waals surface area contributed by atoms with Gasteiger partial charge in [-0.3, -0.25) is 25.0 Å². The summed E-state index contributed by atoms with van der Waals surface area (Å²) in [5.41, 5.74) is 12.7. The van der Waals surface area contributed by atoms with Crippen LogP contribution >= 0.6 is 65.9 Å². The SMILES string of the molecule is CC(C)(C)OC(=O)c1csc(-c2ccnc(NCCCCCO)c2)n1.CC(C)(C)OC(=O)c1csc(-c2ccnc(NCCCCCO)c2)n1.CC(C)(C)OC(=O)c1cscn1.CN(C)CCN.CN(C)CCNC(=O)c1ccc([N+](=O)[O-])c(O)c1.COC(=O)c1ccc([N+](=O)[O-])c(O)c1.Fc1cc(Br)ccn1.NCCCCCO.OCCCCCNc1cc(Br)ccn1. The van der Waals surface area contributed by atoms with Crippen LogP contribution < -0.4 is 32.7 Å². The zero-order valence-electron chi connectivity index (χ0n) is 75.6. The molecule has 9 aromatic rings. The van der Waals surface area contributed by atoms with Crippen LogP contribution in [-0.2, 0) is 18.9 Å². The van der Waals surface area contributed by atoms with E-state index in [0.717, 1.165) is 184 Å². The number of nitrogens with zero attached hydrogens (tertiary/aromatic N) is 11. The molecular weight excluding hydrogens is 1860 g/mol. The van der Waals surface area contributed by atoms with Gasteiger partial charge in [-0.25, -0.2) is 54.1 Å². The predicted molar refractivity (Wildman–Crippen MR) is 510 cm³/mol. The Hall–Kier alpha value is -10.4. The second-order valence-electron chi connectivity index (χ2n) is 30.7. The summed E-state index contributed by atoms with van der Waals surface area (Å²) in [5.74, 6) is -1.30. The number of anilines is 3. The van der Waals surface area contributed by atoms with Crippen LogP contribution in [0.15, 0.2) is 140 Å². The number of likely N-dealkylation sites (N-methyl/N-ethyl adjacent to an activating group) is 2. The fourth-order valence-electron chi connectivity index (χ4n) is 9.32. The van der Waals surface area contributed by atoms with E-state index in [9.17, 15) is 53.7 Å². The molecule has 0 fully saturated rings. The second-order valence-corrected chi connectivity index (χ2v) is 35.0. The van der Waals surface area contributed by atoms with Gasteiger partial charge >= 0.3 is 35.3 Å². The number of hydrogen-bond acceptors (Lipinski definition) is 36. The van der Waals surface area contributed by atoms with Gasteiger partial charge in [-0.15, -0.1) is 34.0 Å². The maximum absolute atomic E-state index is 12.1. The van der Waals surface area contributed by atoms with Crippen molar-refractivity contribution in [3.8, 4) is 32.6 Å². The molecule has 42 heteroatoms. The number of nitrogens with two attached hydrogens (primary N) is 2. The largest absolute Gasteiger partial charge is 0.502 e. The number of nitro benzene ring substituents is 2. The molecule has 0 bridgehead atoms. The van der Waals surface area contributed by atoms with Gasteiger partial charge in [0.15, 0.2) is 28.6 Å². The van der Waals surface area contributed by atoms with E-state index in [-0.39, 0.29) is 42.8 Å². The van der Waals surface area contributed by atoms with Crippen LogP contribution in [0.5, 0.6) is 11.5 Å². The van der Waals surface area contributed by atoms with E-state index < -0.39 is 73.4 Å². The first-order valence-electron chi connectivity index (χ1n) is 41.0. The molecule has 0 aliphatic rings. The first kappa shape index (κ1) is 117. The molecule has 0 aliphatic carbocycles. The standard InChI is InChI=1S/2C18H25N3O3S.C11H15N3O4.C10H15BrN2O.C8H7NO5.C8H11NO2S.C5H3BrFN.C5H13NO.C4H12N2/c2*1-18(2,3)24-17(23)14-12-25-16(21-14)13-7-9-20-15(11-13)19-8-5-4-6-10-22;1-13(2)6-5-12-11(16)8-3-4-9(14(17)18)10(15)7-8;11-9-4-6-13-10(8-9)12-5-2-1-3-7-14;1-14-8(11)5-2-3-6(9(12)13)7(10)4-5;1-8(2,3)11-7(10)6-4-12-5-9-6;6-4-1-2-8-5(7)3-4;6-4-2-1-3-5-7;1-6(2)4-3-5/h2*7,9,11-12,22H,4-6,8,10H2,1-3H3,(H,19,20);3-4,7,15H,5-6H2,1-2H3,(H,12,16);4,6,8,14H,1-3,5,7H2,(H,12,13);2-4,10H,1H3;4-5H,1-3H3;1-3H;7H,1-6H2;3-5H2,1-2H3. The first-order valence-corrected chi connectivity index (χ1v) is 45.3. The number of hydrogen-bond donors (Lipinski definition) is 12. The van der Waals surface area contributed by atoms with Crippen LogP contribution in [0.3, 0.4) is 0 Å². The number of pyridine rings is 4. The molecule has 0 saturated carbocycles. The summed E-state index contributed by atoms with van der Waals surface area (Å²) in [7, 11) is 8.95. The van der Waals surface area contributed by atoms with Crippen molar-refractivity contribution in [2.45, 2.75) is 156 Å². The number of aromatic hydroxyl groups is 2. The highest BCUT2D eigenvalue weighted by Crippen LogP contribution is 2.31. The maximum atomic E-state index is 12.1. The van der Waals surface area contributed by atoms with Gasteiger partial charge < -0.3 is 92.1 Å². The highest BCUT2D eigenvalue weighted by Gasteiger charge is 2.24. The van der Waals surface area contributed by atoms with Crippen LogP contribution in [-0.4, -0.2) is 246 Å². The molecule has 0 saturated heterocycles. The molecule has 1 amide bonds. The van der Waals surface area contributed by atoms with Crippen LogP contribution in [0.1, 0.15) is 192 Å². The summed E-state index contributed by atoms with van der Waals surface area (Å²) in [6, 6.07) is 21.2. The minimum absolute atomic E-state index is 0.0654. The molecule has 0 unspecified atom stereocenters. The number of benzene rings is 2. The smallest absolute Gasteiger partial charge is 0.358 e. The Morgan fingerprint density at radius 1 is 0.473 bits per heavy atom. The Morgan fingerprint density at radius 2 is 0.860 bits per heavy atom. The third kappa shape index (κ3) is 56.0. The van der Waals surface area contributed by atoms with Crippen molar-refractivity contribution < 1.29 is 87.8 Å². The van der Waals surface area contributed by atoms with Gasteiger partial charge in [0.25, 0.3) is 5.91 Å². The molecule has 0 atom stereocenters. The minimum atomic E-state index is -0.740. The van der Waals surface area contributed by atoms with Crippen molar-refractivity contribution in [2.24, 2.45) is 11.5 Å². The molecule has 7 heterocycles. The average molecular weight is 1990 g/mol. The lowest BCUT2D eigenvalue weighted by Gasteiger charge is -2.18. The number of phenols is 2. The summed E-state index contributed by atoms with van der Waals surface area (Å²) in [6.45, 7) is 23.7. The summed E-state index contributed by atoms with van der Waals surface area (Å²) in [4.78, 5) is 110. The van der Waals surface area contributed by atoms with Crippen molar-refractivity contribution in [1.82, 2.24) is 50.0 Å². The lowest BCUT2D eigenvalue weighted by molar-refractivity contribution is -0.386. The number of rotatable bonds is 36. The third-order valence-corrected chi connectivity index (χ3v) is 18.8. The number of nitro groups is 2. The third-order valence-electron chi connectivity index (χ3n) is 15.4. The Labute approximate surface area is 782 Å². The fraction of sp³-hybridized carbons (Fsp3) is 0.471. The van der Waals surface area contributed by atoms with E-state index in [4.69, 9.17) is 51.2 Å². The maximum Gasteiger partial charge on any atom is 0.358 e. The number of aliphatic hydroxyl groups excluding tert-OH is 4. The molecule has 9 rings (SSSR count). The Bertz CT molecular complexity index is 4550. The Balaban J connectivity index is 0.000000751. The van der Waals surface area contributed by atoms with Crippen LogP contribution in [0.25, 0.3) is 21.1 Å². The highest BCUT2D eigenvalue weighted by atomic mass is 79.9. The van der Waals surface area contributed by atoms with Crippen LogP contribution in [0, 0.1) is 26.2 Å². The Morgan fingerprint density at radius 3 is 1.19 bits per heavy atom. The molecule has 712 valence electrons. The van der Waals surface area contributed by atoms with E-state index in [1.54, 1.807) is 46.3 Å². The van der Waals surface area contributed by atoms with Crippen molar-refractivity contribution in [1.29, 1.82) is 0 Å². The number of halogens is 3. The molecular formula is C87H126Br2FN17O19S3. The van der Waals surface area contributed by atoms with Gasteiger partial charge in [0.05, 0.1) is 28.0 Å². The number of aromatic nitrogens is 7. The number of nitrogens with one attached hydrogen (secondary N) is 4. The average Bonchev–Trinajstić information content (AvgIpc) is 1.83. The van der Waals surface area contributed by atoms with Gasteiger partial charge in [0.1, 0.15) is 44.3 Å². The molecule has 0 spiro atoms. The zero-order chi connectivity index (χ0) is 96.9. The van der Waals surface area contributed by atoms with Gasteiger partial charge in [0.2, 0.25) is 5.95 Å². The van der Waals surface area contributed by atoms with E-state index in [1.807, 2.05) is 132 Å². The van der Waals surface area contributed by atoms with Crippen molar-refractivity contribution in [2.75, 3.05) is 130 Å². The lowest BCUT2D eigenvalue weighted by atomic mass is 10.2. The number of carbonyl (C=O) groups excluding carboxylic acids is 5. The van der Waals surface area contributed by atoms with Crippen LogP contribution in [0.4, 0.5) is 33.2 Å². The topological polar surface area (TPSA) is 527 Å². The molecule has 0 radical (unpaired) electrons. The number of carbonyl (C=O) groups is 5. The van der Waals surface area contributed by atoms with Gasteiger partial charge in [-0.2, -0.15) is 4.39 Å². The minimum Gasteiger partial charge on any atom is -0.502 e. The van der Waals surface area contributed by atoms with Crippen molar-refractivity contribution in [3.63, 3.8) is 0 Å². The molecule has 7 aromatic heterocycles. The zero-order valence-corrected chi connectivity index (χ0v) is 81.2. The monoisotopic (exact) mass is 1990 g/mol. The highest BCUT2D eigenvalue weighted by molar-refractivity contribution is 9.10. The number of methoxy groups -OCH3 is 1. The number of phenolic OH excluding ortho intramolecular Hbond substituents is 2. The molecule has 129 heavy (non-hydrogen) atoms. The number of esters is 4. The summed E-state index contributed by atoms with van der Waals surface area (Å²) in [6.07, 6.45) is 18.2. The second kappa shape index (κ2) is 66.1. The number of ether oxygens (including phenoxy) is 4. The molecule has 14 N–H and O–H groups in total. The summed E-state index contributed by atoms with van der Waals surface area (Å²) in [5, 5.41) is 92.7. The van der Waals surface area contributed by atoms with Gasteiger partial charge in [-0.05, 0) is 235 Å². The Kier molecular flexibility index (Phi) is 59.8. The molecule has 36 nitrogen and oxygen atoms in total. The quantitative estimate of drug-likeness (QED) is 0.00433. The van der Waals surface area contributed by atoms with Gasteiger partial charge in [-0.1, -0.05) is 31.9 Å². The van der Waals surface area contributed by atoms with E-state index >= 15 is 0 Å². The number of aliphatic hydroxyl groups is 4. The van der Waals surface area contributed by atoms with E-state index in [0.29, 0.717) is 41.3 Å². The van der Waals surface area contributed by atoms with Crippen molar-refractivity contribution in [3.05, 3.63) is 195 Å². The number of thiazole rings is 3. The first-order chi connectivity index (χ1) is 61.0. The number of amides is 1. The summed E-state index contributed by atoms with van der Waals surface area (Å²) < 4.78 is 33.9. The van der Waals surface area contributed by atoms with Crippen molar-refractivity contribution >= 4 is 124 Å². The normalized spacial score (nSPS) is 10.6. The fourth-order valence-corrected chi connectivity index (χ4v) is 12.1. The van der Waals surface area contributed by atoms with Gasteiger partial charge in [0, 0.05) is 163 Å². The van der Waals surface area contributed by atoms with E-state index in [2.05, 4.69) is 97.7 Å². The predicted octanol–water partition coefficient (Wildman–Crippen LogP) is 15.3. The molecule has 2 aromatic carbocycles. The molecule has 0 aliphatic heterocycles. The number of unbranched alkanes of at least 4 members (excludes halogenated alkanes) is 8. The van der Waals surface area contributed by atoms with Crippen LogP contribution in [0.2, 0.25) is 0 Å². The van der Waals surface area contributed by atoms with E-state index in [1.165, 1.54) is 65.5 Å². The summed E-state index contributed by atoms with van der Waals surface area (Å²) >= 11 is 10.7.